The topological polar surface area (TPSA) is 187 Å². The zero-order chi connectivity index (χ0) is 21.4. The van der Waals surface area contributed by atoms with Crippen LogP contribution in [0.1, 0.15) is 5.56 Å². The number of benzene rings is 1. The number of nitrogens with one attached hydrogen (secondary N) is 4. The van der Waals surface area contributed by atoms with E-state index in [2.05, 4.69) is 20.9 Å². The van der Waals surface area contributed by atoms with Gasteiger partial charge in [-0.15, -0.1) is 0 Å². The van der Waals surface area contributed by atoms with Gasteiger partial charge >= 0.3 is 5.97 Å². The Balaban J connectivity index is 2.09. The van der Waals surface area contributed by atoms with E-state index in [0.717, 1.165) is 16.5 Å². The first-order valence-electron chi connectivity index (χ1n) is 8.79. The summed E-state index contributed by atoms with van der Waals surface area (Å²) < 4.78 is 0. The van der Waals surface area contributed by atoms with Gasteiger partial charge in [-0.1, -0.05) is 18.2 Å². The summed E-state index contributed by atoms with van der Waals surface area (Å²) in [6.45, 7) is -1.63. The Morgan fingerprint density at radius 1 is 1.07 bits per heavy atom. The molecule has 0 radical (unpaired) electrons. The summed E-state index contributed by atoms with van der Waals surface area (Å²) in [4.78, 5) is 49.8. The quantitative estimate of drug-likeness (QED) is 0.234. The molecule has 156 valence electrons. The second kappa shape index (κ2) is 10.2. The molecule has 0 spiro atoms. The maximum Gasteiger partial charge on any atom is 0.322 e. The zero-order valence-corrected chi connectivity index (χ0v) is 15.5. The van der Waals surface area contributed by atoms with Crippen LogP contribution in [0.25, 0.3) is 10.9 Å². The van der Waals surface area contributed by atoms with Gasteiger partial charge in [0.2, 0.25) is 17.7 Å². The minimum atomic E-state index is -1.22. The number of fused-ring (bicyclic) bond motifs is 1. The van der Waals surface area contributed by atoms with Gasteiger partial charge in [0.1, 0.15) is 18.6 Å². The zero-order valence-electron chi connectivity index (χ0n) is 15.5. The summed E-state index contributed by atoms with van der Waals surface area (Å²) in [5.41, 5.74) is 7.11. The Hall–Kier alpha value is -3.44. The first-order chi connectivity index (χ1) is 13.8. The summed E-state index contributed by atoms with van der Waals surface area (Å²) >= 11 is 0. The van der Waals surface area contributed by atoms with Gasteiger partial charge in [-0.3, -0.25) is 19.2 Å². The van der Waals surface area contributed by atoms with Crippen LogP contribution in [-0.4, -0.2) is 70.7 Å². The van der Waals surface area contributed by atoms with E-state index in [1.165, 1.54) is 0 Å². The molecule has 8 N–H and O–H groups in total. The first kappa shape index (κ1) is 21.9. The minimum Gasteiger partial charge on any atom is -0.480 e. The third-order valence-corrected chi connectivity index (χ3v) is 4.13. The molecule has 2 rings (SSSR count). The fourth-order valence-electron chi connectivity index (χ4n) is 2.62. The van der Waals surface area contributed by atoms with E-state index in [1.54, 1.807) is 6.20 Å². The lowest BCUT2D eigenvalue weighted by atomic mass is 10.0. The molecule has 0 bridgehead atoms. The van der Waals surface area contributed by atoms with Crippen LogP contribution in [0.2, 0.25) is 0 Å². The Labute approximate surface area is 165 Å². The highest BCUT2D eigenvalue weighted by Crippen LogP contribution is 2.19. The van der Waals surface area contributed by atoms with Crippen LogP contribution in [0, 0.1) is 0 Å². The fraction of sp³-hybridized carbons (Fsp3) is 0.333. The van der Waals surface area contributed by atoms with Crippen LogP contribution in [0.3, 0.4) is 0 Å². The standard InChI is InChI=1S/C18H23N5O6/c19-12(9-24)17(28)23-14(18(29)22-7-15(25)21-8-16(26)27)5-10-6-20-13-4-2-1-3-11(10)13/h1-4,6,12,14,20,24H,5,7-9,19H2,(H,21,25)(H,22,29)(H,23,28)(H,26,27)/t12-,14-/m0/s1. The number of aromatic amines is 1. The van der Waals surface area contributed by atoms with Crippen molar-refractivity contribution in [2.24, 2.45) is 5.73 Å². The van der Waals surface area contributed by atoms with Gasteiger partial charge in [0.05, 0.1) is 13.2 Å². The molecule has 2 atom stereocenters. The lowest BCUT2D eigenvalue weighted by Crippen LogP contribution is -2.54. The molecule has 1 aromatic carbocycles. The van der Waals surface area contributed by atoms with Crippen molar-refractivity contribution in [2.45, 2.75) is 18.5 Å². The molecular formula is C18H23N5O6. The average molecular weight is 405 g/mol. The van der Waals surface area contributed by atoms with Crippen molar-refractivity contribution in [2.75, 3.05) is 19.7 Å². The number of hydrogen-bond donors (Lipinski definition) is 7. The molecule has 11 nitrogen and oxygen atoms in total. The van der Waals surface area contributed by atoms with Gasteiger partial charge in [-0.05, 0) is 11.6 Å². The summed E-state index contributed by atoms with van der Waals surface area (Å²) in [6, 6.07) is 5.14. The third kappa shape index (κ3) is 6.30. The Morgan fingerprint density at radius 3 is 2.48 bits per heavy atom. The second-order valence-electron chi connectivity index (χ2n) is 6.30. The highest BCUT2D eigenvalue weighted by Gasteiger charge is 2.25. The van der Waals surface area contributed by atoms with Gasteiger partial charge in [0, 0.05) is 23.5 Å². The molecule has 0 saturated heterocycles. The monoisotopic (exact) mass is 405 g/mol. The fourth-order valence-corrected chi connectivity index (χ4v) is 2.62. The molecule has 0 aliphatic rings. The number of carbonyl (C=O) groups excluding carboxylic acids is 3. The predicted molar refractivity (Wildman–Crippen MR) is 103 cm³/mol. The molecular weight excluding hydrogens is 382 g/mol. The predicted octanol–water partition coefficient (Wildman–Crippen LogP) is -2.17. The molecule has 29 heavy (non-hydrogen) atoms. The number of aliphatic hydroxyl groups is 1. The lowest BCUT2D eigenvalue weighted by molar-refractivity contribution is -0.138. The molecule has 0 aliphatic carbocycles. The molecule has 0 saturated carbocycles. The number of nitrogens with two attached hydrogens (primary N) is 1. The smallest absolute Gasteiger partial charge is 0.322 e. The van der Waals surface area contributed by atoms with Gasteiger partial charge in [0.25, 0.3) is 0 Å². The molecule has 0 aliphatic heterocycles. The van der Waals surface area contributed by atoms with Gasteiger partial charge in [-0.25, -0.2) is 0 Å². The van der Waals surface area contributed by atoms with E-state index < -0.39 is 55.5 Å². The number of rotatable bonds is 10. The van der Waals surface area contributed by atoms with Gasteiger partial charge < -0.3 is 36.9 Å². The maximum absolute atomic E-state index is 12.6. The third-order valence-electron chi connectivity index (χ3n) is 4.13. The highest BCUT2D eigenvalue weighted by molar-refractivity contribution is 5.93. The number of para-hydroxylation sites is 1. The average Bonchev–Trinajstić information content (AvgIpc) is 3.12. The molecule has 11 heteroatoms. The Bertz CT molecular complexity index is 896. The van der Waals surface area contributed by atoms with Crippen LogP contribution in [0.15, 0.2) is 30.5 Å². The number of amides is 3. The van der Waals surface area contributed by atoms with Crippen LogP contribution in [0.4, 0.5) is 0 Å². The van der Waals surface area contributed by atoms with Gasteiger partial charge in [0.15, 0.2) is 0 Å². The van der Waals surface area contributed by atoms with Crippen molar-refractivity contribution in [1.29, 1.82) is 0 Å². The number of carbonyl (C=O) groups is 4. The van der Waals surface area contributed by atoms with Crippen LogP contribution >= 0.6 is 0 Å². The molecule has 2 aromatic rings. The van der Waals surface area contributed by atoms with E-state index in [4.69, 9.17) is 15.9 Å². The van der Waals surface area contributed by atoms with Crippen molar-refractivity contribution >= 4 is 34.6 Å². The molecule has 0 fully saturated rings. The normalized spacial score (nSPS) is 12.8. The van der Waals surface area contributed by atoms with Gasteiger partial charge in [-0.2, -0.15) is 0 Å². The van der Waals surface area contributed by atoms with E-state index in [0.29, 0.717) is 0 Å². The van der Waals surface area contributed by atoms with Crippen molar-refractivity contribution in [3.63, 3.8) is 0 Å². The summed E-state index contributed by atoms with van der Waals surface area (Å²) in [6.07, 6.45) is 1.82. The summed E-state index contributed by atoms with van der Waals surface area (Å²) in [5, 5.41) is 25.4. The van der Waals surface area contributed by atoms with Crippen molar-refractivity contribution < 1.29 is 29.4 Å². The Kier molecular flexibility index (Phi) is 7.69. The number of aromatic nitrogens is 1. The first-order valence-corrected chi connectivity index (χ1v) is 8.79. The number of hydrogen-bond acceptors (Lipinski definition) is 6. The van der Waals surface area contributed by atoms with E-state index in [1.807, 2.05) is 24.3 Å². The van der Waals surface area contributed by atoms with E-state index in [-0.39, 0.29) is 6.42 Å². The minimum absolute atomic E-state index is 0.108. The van der Waals surface area contributed by atoms with Crippen molar-refractivity contribution in [1.82, 2.24) is 20.9 Å². The van der Waals surface area contributed by atoms with Crippen molar-refractivity contribution in [3.05, 3.63) is 36.0 Å². The molecule has 1 aromatic heterocycles. The Morgan fingerprint density at radius 2 is 1.79 bits per heavy atom. The highest BCUT2D eigenvalue weighted by atomic mass is 16.4. The van der Waals surface area contributed by atoms with Crippen LogP contribution < -0.4 is 21.7 Å². The van der Waals surface area contributed by atoms with Crippen LogP contribution in [-0.2, 0) is 25.6 Å². The molecule has 3 amide bonds. The SMILES string of the molecule is N[C@@H](CO)C(=O)N[C@@H](Cc1c[nH]c2ccccc12)C(=O)NCC(=O)NCC(=O)O. The van der Waals surface area contributed by atoms with E-state index in [9.17, 15) is 19.2 Å². The number of H-pyrrole nitrogens is 1. The number of aliphatic carboxylic acids is 1. The second-order valence-corrected chi connectivity index (χ2v) is 6.30. The maximum atomic E-state index is 12.6. The number of carboxylic acid groups (broad SMARTS) is 1. The van der Waals surface area contributed by atoms with E-state index >= 15 is 0 Å². The van der Waals surface area contributed by atoms with Crippen LogP contribution in [0.5, 0.6) is 0 Å². The summed E-state index contributed by atoms with van der Waals surface area (Å²) in [5.74, 6) is -3.28. The molecule has 1 heterocycles. The lowest BCUT2D eigenvalue weighted by Gasteiger charge is -2.20. The molecule has 0 unspecified atom stereocenters. The number of carboxylic acids is 1. The van der Waals surface area contributed by atoms with Crippen molar-refractivity contribution in [3.8, 4) is 0 Å². The summed E-state index contributed by atoms with van der Waals surface area (Å²) in [7, 11) is 0. The number of aliphatic hydroxyl groups excluding tert-OH is 1. The largest absolute Gasteiger partial charge is 0.480 e.